The number of halogens is 1. The number of aromatic nitrogens is 2. The number of amides is 2. The summed E-state index contributed by atoms with van der Waals surface area (Å²) in [6, 6.07) is 22.7. The van der Waals surface area contributed by atoms with Gasteiger partial charge in [-0.05, 0) is 54.5 Å². The van der Waals surface area contributed by atoms with Crippen LogP contribution in [-0.4, -0.2) is 44.5 Å². The van der Waals surface area contributed by atoms with Crippen LogP contribution in [0.5, 0.6) is 0 Å². The van der Waals surface area contributed by atoms with Gasteiger partial charge in [-0.3, -0.25) is 19.7 Å². The molecule has 0 saturated heterocycles. The molecule has 39 heavy (non-hydrogen) atoms. The number of nitro benzene ring substituents is 1. The van der Waals surface area contributed by atoms with E-state index in [1.54, 1.807) is 36.4 Å². The second kappa shape index (κ2) is 12.4. The lowest BCUT2D eigenvalue weighted by Gasteiger charge is -2.20. The summed E-state index contributed by atoms with van der Waals surface area (Å²) >= 11 is 0. The molecule has 0 aliphatic rings. The quantitative estimate of drug-likeness (QED) is 0.167. The van der Waals surface area contributed by atoms with E-state index >= 15 is 0 Å². The molecule has 2 amide bonds. The van der Waals surface area contributed by atoms with Gasteiger partial charge in [-0.25, -0.2) is 9.07 Å². The van der Waals surface area contributed by atoms with Gasteiger partial charge in [-0.15, -0.1) is 0 Å². The maximum absolute atomic E-state index is 13.5. The van der Waals surface area contributed by atoms with Crippen LogP contribution in [0.3, 0.4) is 0 Å². The van der Waals surface area contributed by atoms with Crippen LogP contribution in [0.4, 0.5) is 15.9 Å². The van der Waals surface area contributed by atoms with Gasteiger partial charge < -0.3 is 10.2 Å². The molecule has 0 aliphatic carbocycles. The minimum atomic E-state index is -0.495. The van der Waals surface area contributed by atoms with Crippen LogP contribution in [0.2, 0.25) is 0 Å². The third kappa shape index (κ3) is 7.01. The SMILES string of the molecule is CCCN(CC(=O)Nc1cc(-c2ccccc2)nn1-c1ccc(F)cc1)C(=O)C=Cc1ccc([N+](=O)[O-])cc1. The highest BCUT2D eigenvalue weighted by Crippen LogP contribution is 2.25. The monoisotopic (exact) mass is 527 g/mol. The molecular weight excluding hydrogens is 501 g/mol. The molecular formula is C29H26FN5O4. The van der Waals surface area contributed by atoms with Gasteiger partial charge in [0.1, 0.15) is 18.2 Å². The molecule has 4 rings (SSSR count). The lowest BCUT2D eigenvalue weighted by Crippen LogP contribution is -2.37. The highest BCUT2D eigenvalue weighted by molar-refractivity contribution is 5.98. The summed E-state index contributed by atoms with van der Waals surface area (Å²) in [6.45, 7) is 2.05. The van der Waals surface area contributed by atoms with Gasteiger partial charge in [0, 0.05) is 36.4 Å². The van der Waals surface area contributed by atoms with E-state index in [0.29, 0.717) is 35.7 Å². The molecule has 1 heterocycles. The van der Waals surface area contributed by atoms with Crippen molar-refractivity contribution in [2.75, 3.05) is 18.4 Å². The number of benzene rings is 3. The molecule has 198 valence electrons. The molecule has 0 fully saturated rings. The lowest BCUT2D eigenvalue weighted by atomic mass is 10.1. The van der Waals surface area contributed by atoms with Crippen molar-refractivity contribution in [3.8, 4) is 16.9 Å². The number of rotatable bonds is 10. The largest absolute Gasteiger partial charge is 0.330 e. The Morgan fingerprint density at radius 1 is 1.05 bits per heavy atom. The van der Waals surface area contributed by atoms with Crippen molar-refractivity contribution in [2.24, 2.45) is 0 Å². The van der Waals surface area contributed by atoms with E-state index in [9.17, 15) is 24.1 Å². The summed E-state index contributed by atoms with van der Waals surface area (Å²) < 4.78 is 15.0. The third-order valence-corrected chi connectivity index (χ3v) is 5.78. The number of carbonyl (C=O) groups is 2. The minimum Gasteiger partial charge on any atom is -0.330 e. The zero-order valence-corrected chi connectivity index (χ0v) is 21.2. The van der Waals surface area contributed by atoms with Crippen LogP contribution >= 0.6 is 0 Å². The number of non-ortho nitro benzene ring substituents is 1. The van der Waals surface area contributed by atoms with Crippen molar-refractivity contribution in [1.82, 2.24) is 14.7 Å². The van der Waals surface area contributed by atoms with Gasteiger partial charge in [0.2, 0.25) is 11.8 Å². The normalized spacial score (nSPS) is 10.9. The van der Waals surface area contributed by atoms with E-state index < -0.39 is 16.6 Å². The van der Waals surface area contributed by atoms with Gasteiger partial charge in [-0.2, -0.15) is 5.10 Å². The van der Waals surface area contributed by atoms with Crippen molar-refractivity contribution in [2.45, 2.75) is 13.3 Å². The fraction of sp³-hybridized carbons (Fsp3) is 0.138. The number of nitrogens with zero attached hydrogens (tertiary/aromatic N) is 4. The highest BCUT2D eigenvalue weighted by Gasteiger charge is 2.18. The predicted molar refractivity (Wildman–Crippen MR) is 147 cm³/mol. The summed E-state index contributed by atoms with van der Waals surface area (Å²) in [7, 11) is 0. The first-order valence-electron chi connectivity index (χ1n) is 12.3. The van der Waals surface area contributed by atoms with E-state index in [0.717, 1.165) is 5.56 Å². The van der Waals surface area contributed by atoms with E-state index in [-0.39, 0.29) is 18.1 Å². The van der Waals surface area contributed by atoms with Crippen LogP contribution in [0.25, 0.3) is 23.0 Å². The Morgan fingerprint density at radius 3 is 2.38 bits per heavy atom. The molecule has 1 aromatic heterocycles. The number of hydrogen-bond donors (Lipinski definition) is 1. The Balaban J connectivity index is 1.51. The molecule has 0 atom stereocenters. The molecule has 0 radical (unpaired) electrons. The van der Waals surface area contributed by atoms with Gasteiger partial charge in [0.05, 0.1) is 16.3 Å². The van der Waals surface area contributed by atoms with E-state index in [1.165, 1.54) is 39.9 Å². The van der Waals surface area contributed by atoms with Crippen molar-refractivity contribution in [1.29, 1.82) is 0 Å². The Bertz CT molecular complexity index is 1480. The predicted octanol–water partition coefficient (Wildman–Crippen LogP) is 5.48. The average molecular weight is 528 g/mol. The smallest absolute Gasteiger partial charge is 0.269 e. The Hall–Kier alpha value is -5.12. The number of anilines is 1. The number of nitrogens with one attached hydrogen (secondary N) is 1. The molecule has 3 aromatic carbocycles. The summed E-state index contributed by atoms with van der Waals surface area (Å²) in [6.07, 6.45) is 3.51. The van der Waals surface area contributed by atoms with Crippen LogP contribution < -0.4 is 5.32 Å². The third-order valence-electron chi connectivity index (χ3n) is 5.78. The molecule has 0 aliphatic heterocycles. The van der Waals surface area contributed by atoms with Crippen molar-refractivity contribution < 1.29 is 18.9 Å². The number of hydrogen-bond acceptors (Lipinski definition) is 5. The Labute approximate surface area is 224 Å². The average Bonchev–Trinajstić information content (AvgIpc) is 3.36. The first-order chi connectivity index (χ1) is 18.8. The van der Waals surface area contributed by atoms with E-state index in [1.807, 2.05) is 37.3 Å². The summed E-state index contributed by atoms with van der Waals surface area (Å²) in [4.78, 5) is 37.7. The maximum Gasteiger partial charge on any atom is 0.269 e. The lowest BCUT2D eigenvalue weighted by molar-refractivity contribution is -0.384. The molecule has 0 unspecified atom stereocenters. The molecule has 0 spiro atoms. The zero-order valence-electron chi connectivity index (χ0n) is 21.2. The maximum atomic E-state index is 13.5. The fourth-order valence-corrected chi connectivity index (χ4v) is 3.87. The van der Waals surface area contributed by atoms with Crippen LogP contribution in [-0.2, 0) is 9.59 Å². The Kier molecular flexibility index (Phi) is 8.57. The summed E-state index contributed by atoms with van der Waals surface area (Å²) in [5.41, 5.74) is 2.58. The van der Waals surface area contributed by atoms with Crippen molar-refractivity contribution >= 4 is 29.4 Å². The standard InChI is InChI=1S/C29H26FN5O4/c1-2-18-33(29(37)17-10-21-8-13-25(14-9-21)35(38)39)20-28(36)31-27-19-26(22-6-4-3-5-7-22)32-34(27)24-15-11-23(30)12-16-24/h3-17,19H,2,18,20H2,1H3,(H,31,36). The first kappa shape index (κ1) is 26.9. The number of carbonyl (C=O) groups excluding carboxylic acids is 2. The van der Waals surface area contributed by atoms with Crippen molar-refractivity contribution in [3.05, 3.63) is 113 Å². The first-order valence-corrected chi connectivity index (χ1v) is 12.3. The van der Waals surface area contributed by atoms with Gasteiger partial charge >= 0.3 is 0 Å². The van der Waals surface area contributed by atoms with Crippen molar-refractivity contribution in [3.63, 3.8) is 0 Å². The molecule has 0 bridgehead atoms. The molecule has 9 nitrogen and oxygen atoms in total. The van der Waals surface area contributed by atoms with Gasteiger partial charge in [-0.1, -0.05) is 37.3 Å². The van der Waals surface area contributed by atoms with Crippen LogP contribution in [0.1, 0.15) is 18.9 Å². The summed E-state index contributed by atoms with van der Waals surface area (Å²) in [5.74, 6) is -0.822. The van der Waals surface area contributed by atoms with E-state index in [4.69, 9.17) is 0 Å². The Morgan fingerprint density at radius 2 is 1.74 bits per heavy atom. The number of nitro groups is 1. The molecule has 0 saturated carbocycles. The van der Waals surface area contributed by atoms with E-state index in [2.05, 4.69) is 10.4 Å². The van der Waals surface area contributed by atoms with Crippen LogP contribution in [0.15, 0.2) is 91.0 Å². The topological polar surface area (TPSA) is 110 Å². The molecule has 4 aromatic rings. The van der Waals surface area contributed by atoms with Gasteiger partial charge in [0.25, 0.3) is 5.69 Å². The minimum absolute atomic E-state index is 0.0435. The molecule has 1 N–H and O–H groups in total. The zero-order chi connectivity index (χ0) is 27.8. The fourth-order valence-electron chi connectivity index (χ4n) is 3.87. The highest BCUT2D eigenvalue weighted by atomic mass is 19.1. The van der Waals surface area contributed by atoms with Crippen LogP contribution in [0, 0.1) is 15.9 Å². The second-order valence-electron chi connectivity index (χ2n) is 8.66. The second-order valence-corrected chi connectivity index (χ2v) is 8.66. The van der Waals surface area contributed by atoms with Gasteiger partial charge in [0.15, 0.2) is 0 Å². The summed E-state index contributed by atoms with van der Waals surface area (Å²) in [5, 5.41) is 18.3. The molecule has 10 heteroatoms.